The van der Waals surface area contributed by atoms with Crippen LogP contribution in [0.1, 0.15) is 26.7 Å². The van der Waals surface area contributed by atoms with Crippen LogP contribution in [0.2, 0.25) is 0 Å². The first-order chi connectivity index (χ1) is 2.81. The Morgan fingerprint density at radius 3 is 1.57 bits per heavy atom. The van der Waals surface area contributed by atoms with Crippen molar-refractivity contribution in [1.82, 2.24) is 0 Å². The molecule has 0 saturated heterocycles. The summed E-state index contributed by atoms with van der Waals surface area (Å²) in [5.41, 5.74) is 5.47. The van der Waals surface area contributed by atoms with Gasteiger partial charge in [-0.3, -0.25) is 0 Å². The Bertz CT molecular complexity index is 27.3. The second-order valence-electron chi connectivity index (χ2n) is 1.58. The van der Waals surface area contributed by atoms with Gasteiger partial charge in [-0.15, -0.1) is 0 Å². The number of rotatable bonds is 2. The molecule has 0 fully saturated rings. The molecule has 0 amide bonds. The second-order valence-corrected chi connectivity index (χ2v) is 1.58. The topological polar surface area (TPSA) is 57.5 Å². The minimum absolute atomic E-state index is 0. The van der Waals surface area contributed by atoms with Gasteiger partial charge in [0.25, 0.3) is 0 Å². The molecule has 0 rings (SSSR count). The highest BCUT2D eigenvalue weighted by Gasteiger charge is 1.88. The van der Waals surface area contributed by atoms with Gasteiger partial charge in [0.15, 0.2) is 0 Å². The first-order valence-electron chi connectivity index (χ1n) is 2.56. The predicted octanol–water partition coefficient (Wildman–Crippen LogP) is 0.309. The molecular formula is C5H15NO. The fourth-order valence-electron chi connectivity index (χ4n) is 0.289. The van der Waals surface area contributed by atoms with Crippen LogP contribution in [-0.2, 0) is 0 Å². The zero-order valence-corrected chi connectivity index (χ0v) is 5.07. The van der Waals surface area contributed by atoms with E-state index in [1.807, 2.05) is 0 Å². The summed E-state index contributed by atoms with van der Waals surface area (Å²) in [5, 5.41) is 0. The number of hydrogen-bond donors (Lipinski definition) is 1. The van der Waals surface area contributed by atoms with E-state index in [1.165, 1.54) is 0 Å². The lowest BCUT2D eigenvalue weighted by Gasteiger charge is -1.99. The van der Waals surface area contributed by atoms with E-state index in [0.29, 0.717) is 6.04 Å². The van der Waals surface area contributed by atoms with E-state index in [1.54, 1.807) is 0 Å². The van der Waals surface area contributed by atoms with Crippen LogP contribution >= 0.6 is 0 Å². The van der Waals surface area contributed by atoms with Crippen molar-refractivity contribution in [1.29, 1.82) is 0 Å². The Labute approximate surface area is 45.0 Å². The van der Waals surface area contributed by atoms with E-state index in [-0.39, 0.29) is 5.48 Å². The average Bonchev–Trinajstić information content (AvgIpc) is 1.65. The van der Waals surface area contributed by atoms with Crippen LogP contribution in [0.5, 0.6) is 0 Å². The highest BCUT2D eigenvalue weighted by molar-refractivity contribution is 4.51. The summed E-state index contributed by atoms with van der Waals surface area (Å²) in [6, 6.07) is 0.435. The van der Waals surface area contributed by atoms with Gasteiger partial charge in [-0.05, 0) is 12.8 Å². The van der Waals surface area contributed by atoms with Crippen molar-refractivity contribution in [2.45, 2.75) is 32.7 Å². The van der Waals surface area contributed by atoms with Crippen LogP contribution in [0.3, 0.4) is 0 Å². The minimum atomic E-state index is 0. The molecule has 0 saturated carbocycles. The highest BCUT2D eigenvalue weighted by Crippen LogP contribution is 1.88. The minimum Gasteiger partial charge on any atom is -0.412 e. The fraction of sp³-hybridized carbons (Fsp3) is 1.00. The van der Waals surface area contributed by atoms with Crippen molar-refractivity contribution in [3.05, 3.63) is 0 Å². The van der Waals surface area contributed by atoms with Gasteiger partial charge < -0.3 is 11.2 Å². The van der Waals surface area contributed by atoms with Crippen LogP contribution in [0.4, 0.5) is 0 Å². The smallest absolute Gasteiger partial charge is 0.00335 e. The van der Waals surface area contributed by atoms with Crippen LogP contribution in [-0.4, -0.2) is 11.5 Å². The highest BCUT2D eigenvalue weighted by atomic mass is 16.0. The summed E-state index contributed by atoms with van der Waals surface area (Å²) >= 11 is 0. The van der Waals surface area contributed by atoms with Crippen LogP contribution in [0, 0.1) is 0 Å². The Morgan fingerprint density at radius 1 is 1.29 bits per heavy atom. The molecule has 0 bridgehead atoms. The standard InChI is InChI=1S/C5H13N.H2O/c1-3-5(6)4-2;/h5H,3-4,6H2,1-2H3;1H2. The molecule has 7 heavy (non-hydrogen) atoms. The summed E-state index contributed by atoms with van der Waals surface area (Å²) in [6.45, 7) is 4.21. The molecule has 0 aromatic carbocycles. The maximum Gasteiger partial charge on any atom is 0.00335 e. The van der Waals surface area contributed by atoms with Gasteiger partial charge in [0, 0.05) is 6.04 Å². The van der Waals surface area contributed by atoms with Crippen LogP contribution < -0.4 is 5.73 Å². The molecule has 0 aliphatic rings. The van der Waals surface area contributed by atoms with E-state index < -0.39 is 0 Å². The van der Waals surface area contributed by atoms with Crippen LogP contribution in [0.15, 0.2) is 0 Å². The van der Waals surface area contributed by atoms with Gasteiger partial charge in [-0.2, -0.15) is 0 Å². The normalized spacial score (nSPS) is 8.57. The molecule has 46 valence electrons. The summed E-state index contributed by atoms with van der Waals surface area (Å²) < 4.78 is 0. The molecule has 0 aliphatic heterocycles. The van der Waals surface area contributed by atoms with E-state index in [9.17, 15) is 0 Å². The molecule has 0 aliphatic carbocycles. The average molecular weight is 105 g/mol. The summed E-state index contributed by atoms with van der Waals surface area (Å²) in [6.07, 6.45) is 2.22. The van der Waals surface area contributed by atoms with Crippen molar-refractivity contribution < 1.29 is 5.48 Å². The van der Waals surface area contributed by atoms with Gasteiger partial charge in [-0.1, -0.05) is 13.8 Å². The first-order valence-corrected chi connectivity index (χ1v) is 2.56. The molecule has 0 aromatic heterocycles. The lowest BCUT2D eigenvalue weighted by molar-refractivity contribution is 0.629. The van der Waals surface area contributed by atoms with E-state index in [0.717, 1.165) is 12.8 Å². The van der Waals surface area contributed by atoms with Gasteiger partial charge in [-0.25, -0.2) is 0 Å². The van der Waals surface area contributed by atoms with Crippen molar-refractivity contribution in [3.8, 4) is 0 Å². The van der Waals surface area contributed by atoms with Crippen molar-refractivity contribution in [2.24, 2.45) is 5.73 Å². The number of hydrogen-bond acceptors (Lipinski definition) is 1. The Morgan fingerprint density at radius 2 is 1.57 bits per heavy atom. The van der Waals surface area contributed by atoms with E-state index in [2.05, 4.69) is 13.8 Å². The molecule has 0 atom stereocenters. The Kier molecular flexibility index (Phi) is 8.47. The summed E-state index contributed by atoms with van der Waals surface area (Å²) in [5.74, 6) is 0. The SMILES string of the molecule is CCC(N)CC.O. The molecule has 2 heteroatoms. The van der Waals surface area contributed by atoms with Gasteiger partial charge in [0.2, 0.25) is 0 Å². The summed E-state index contributed by atoms with van der Waals surface area (Å²) in [7, 11) is 0. The Hall–Kier alpha value is -0.0800. The molecule has 0 unspecified atom stereocenters. The lowest BCUT2D eigenvalue weighted by atomic mass is 10.2. The molecule has 0 spiro atoms. The molecule has 2 nitrogen and oxygen atoms in total. The first kappa shape index (κ1) is 10.0. The quantitative estimate of drug-likeness (QED) is 0.539. The third kappa shape index (κ3) is 5.92. The van der Waals surface area contributed by atoms with Gasteiger partial charge >= 0.3 is 0 Å². The molecule has 0 heterocycles. The largest absolute Gasteiger partial charge is 0.412 e. The number of nitrogens with two attached hydrogens (primary N) is 1. The monoisotopic (exact) mass is 105 g/mol. The zero-order valence-electron chi connectivity index (χ0n) is 5.07. The lowest BCUT2D eigenvalue weighted by Crippen LogP contribution is -2.16. The second kappa shape index (κ2) is 5.92. The van der Waals surface area contributed by atoms with E-state index >= 15 is 0 Å². The zero-order chi connectivity index (χ0) is 4.99. The van der Waals surface area contributed by atoms with Crippen molar-refractivity contribution in [3.63, 3.8) is 0 Å². The molecule has 0 aromatic rings. The van der Waals surface area contributed by atoms with E-state index in [4.69, 9.17) is 5.73 Å². The van der Waals surface area contributed by atoms with Gasteiger partial charge in [0.1, 0.15) is 0 Å². The molecular weight excluding hydrogens is 90.1 g/mol. The van der Waals surface area contributed by atoms with Crippen molar-refractivity contribution in [2.75, 3.05) is 0 Å². The van der Waals surface area contributed by atoms with Gasteiger partial charge in [0.05, 0.1) is 0 Å². The maximum absolute atomic E-state index is 5.47. The fourth-order valence-corrected chi connectivity index (χ4v) is 0.289. The predicted molar refractivity (Wildman–Crippen MR) is 32.2 cm³/mol. The third-order valence-corrected chi connectivity index (χ3v) is 1.05. The Balaban J connectivity index is 0. The summed E-state index contributed by atoms with van der Waals surface area (Å²) in [4.78, 5) is 0. The maximum atomic E-state index is 5.47. The van der Waals surface area contributed by atoms with Crippen LogP contribution in [0.25, 0.3) is 0 Å². The molecule has 0 radical (unpaired) electrons. The molecule has 4 N–H and O–H groups in total. The third-order valence-electron chi connectivity index (χ3n) is 1.05. The van der Waals surface area contributed by atoms with Crippen molar-refractivity contribution >= 4 is 0 Å².